The third-order valence-electron chi connectivity index (χ3n) is 4.93. The summed E-state index contributed by atoms with van der Waals surface area (Å²) in [4.78, 5) is 8.92. The first kappa shape index (κ1) is 20.8. The van der Waals surface area contributed by atoms with Gasteiger partial charge in [0.05, 0.1) is 11.4 Å². The molecule has 3 N–H and O–H groups in total. The molecule has 2 aromatic rings. The van der Waals surface area contributed by atoms with Gasteiger partial charge in [-0.1, -0.05) is 48.5 Å². The molecule has 0 saturated heterocycles. The molecule has 28 heavy (non-hydrogen) atoms. The standard InChI is InChI=1S/C21H24BrFN4O/c1-12(2)18(28-4)16(23)10-13(3)21(14-6-5-7-15(22)11-14)19-17(20(24)27-21)25-8-9-26-19/h5-12,18,20,27H,3,24H2,1-2,4H3. The molecule has 0 spiro atoms. The van der Waals surface area contributed by atoms with Gasteiger partial charge in [0.1, 0.15) is 23.6 Å². The molecule has 0 saturated carbocycles. The van der Waals surface area contributed by atoms with E-state index in [2.05, 4.69) is 37.8 Å². The van der Waals surface area contributed by atoms with Crippen LogP contribution in [0.3, 0.4) is 0 Å². The van der Waals surface area contributed by atoms with Gasteiger partial charge < -0.3 is 10.5 Å². The lowest BCUT2D eigenvalue weighted by Gasteiger charge is -2.32. The molecule has 2 heterocycles. The first-order chi connectivity index (χ1) is 13.3. The highest BCUT2D eigenvalue weighted by atomic mass is 79.9. The fourth-order valence-corrected chi connectivity index (χ4v) is 4.07. The van der Waals surface area contributed by atoms with Crippen molar-refractivity contribution in [1.82, 2.24) is 15.3 Å². The molecule has 3 atom stereocenters. The van der Waals surface area contributed by atoms with Crippen molar-refractivity contribution in [2.24, 2.45) is 11.7 Å². The third kappa shape index (κ3) is 3.55. The van der Waals surface area contributed by atoms with Crippen LogP contribution in [0.4, 0.5) is 4.39 Å². The Morgan fingerprint density at radius 2 is 2.11 bits per heavy atom. The fraction of sp³-hybridized carbons (Fsp3) is 0.333. The zero-order valence-corrected chi connectivity index (χ0v) is 17.7. The van der Waals surface area contributed by atoms with Gasteiger partial charge in [0.15, 0.2) is 0 Å². The molecule has 7 heteroatoms. The lowest BCUT2D eigenvalue weighted by molar-refractivity contribution is 0.0757. The smallest absolute Gasteiger partial charge is 0.129 e. The van der Waals surface area contributed by atoms with E-state index in [1.165, 1.54) is 13.2 Å². The highest BCUT2D eigenvalue weighted by Gasteiger charge is 2.47. The van der Waals surface area contributed by atoms with Crippen LogP contribution < -0.4 is 11.1 Å². The van der Waals surface area contributed by atoms with Crippen molar-refractivity contribution in [2.75, 3.05) is 7.11 Å². The molecule has 0 aliphatic carbocycles. The lowest BCUT2D eigenvalue weighted by Crippen LogP contribution is -2.43. The van der Waals surface area contributed by atoms with Gasteiger partial charge in [-0.2, -0.15) is 0 Å². The van der Waals surface area contributed by atoms with Crippen molar-refractivity contribution in [2.45, 2.75) is 31.7 Å². The van der Waals surface area contributed by atoms with E-state index >= 15 is 4.39 Å². The molecule has 1 aliphatic heterocycles. The number of nitrogens with two attached hydrogens (primary N) is 1. The van der Waals surface area contributed by atoms with Gasteiger partial charge in [-0.05, 0) is 35.3 Å². The Labute approximate surface area is 173 Å². The number of benzene rings is 1. The number of fused-ring (bicyclic) bond motifs is 1. The van der Waals surface area contributed by atoms with Crippen molar-refractivity contribution in [1.29, 1.82) is 0 Å². The van der Waals surface area contributed by atoms with Crippen LogP contribution in [0, 0.1) is 5.92 Å². The maximum Gasteiger partial charge on any atom is 0.129 e. The van der Waals surface area contributed by atoms with Crippen molar-refractivity contribution < 1.29 is 9.13 Å². The maximum absolute atomic E-state index is 15.0. The average Bonchev–Trinajstić information content (AvgIpc) is 2.96. The van der Waals surface area contributed by atoms with Crippen LogP contribution in [-0.2, 0) is 10.3 Å². The maximum atomic E-state index is 15.0. The lowest BCUT2D eigenvalue weighted by atomic mass is 9.81. The molecule has 1 aromatic carbocycles. The number of aromatic nitrogens is 2. The second-order valence-corrected chi connectivity index (χ2v) is 8.04. The first-order valence-corrected chi connectivity index (χ1v) is 9.80. The molecule has 0 amide bonds. The van der Waals surface area contributed by atoms with Crippen molar-refractivity contribution in [3.8, 4) is 0 Å². The minimum absolute atomic E-state index is 0.0262. The van der Waals surface area contributed by atoms with Gasteiger partial charge in [-0.3, -0.25) is 15.3 Å². The summed E-state index contributed by atoms with van der Waals surface area (Å²) in [5.74, 6) is -0.425. The summed E-state index contributed by atoms with van der Waals surface area (Å²) in [7, 11) is 1.50. The molecule has 0 bridgehead atoms. The van der Waals surface area contributed by atoms with E-state index in [1.807, 2.05) is 38.1 Å². The first-order valence-electron chi connectivity index (χ1n) is 9.01. The second kappa shape index (κ2) is 8.21. The Morgan fingerprint density at radius 3 is 2.75 bits per heavy atom. The Hall–Kier alpha value is -1.93. The summed E-state index contributed by atoms with van der Waals surface area (Å²) in [6.07, 6.45) is 3.39. The average molecular weight is 447 g/mol. The number of hydrogen-bond acceptors (Lipinski definition) is 5. The van der Waals surface area contributed by atoms with Gasteiger partial charge >= 0.3 is 0 Å². The largest absolute Gasteiger partial charge is 0.374 e. The monoisotopic (exact) mass is 446 g/mol. The summed E-state index contributed by atoms with van der Waals surface area (Å²) in [5.41, 5.74) is 7.84. The number of halogens is 2. The SMILES string of the molecule is C=C(C=C(F)C(OC)C(C)C)C1(c2cccc(Br)c2)NC(N)c2nccnc21. The van der Waals surface area contributed by atoms with Crippen LogP contribution >= 0.6 is 15.9 Å². The fourth-order valence-electron chi connectivity index (χ4n) is 3.67. The summed E-state index contributed by atoms with van der Waals surface area (Å²) in [5, 5.41) is 3.35. The Balaban J connectivity index is 2.18. The molecule has 3 rings (SSSR count). The molecule has 0 fully saturated rings. The van der Waals surface area contributed by atoms with Crippen molar-refractivity contribution in [3.05, 3.63) is 82.1 Å². The van der Waals surface area contributed by atoms with E-state index in [0.29, 0.717) is 17.0 Å². The van der Waals surface area contributed by atoms with E-state index < -0.39 is 23.6 Å². The number of methoxy groups -OCH3 is 1. The molecule has 148 valence electrons. The van der Waals surface area contributed by atoms with Gasteiger partial charge in [-0.15, -0.1) is 0 Å². The van der Waals surface area contributed by atoms with E-state index in [1.54, 1.807) is 12.4 Å². The third-order valence-corrected chi connectivity index (χ3v) is 5.42. The zero-order chi connectivity index (χ0) is 20.5. The Morgan fingerprint density at radius 1 is 1.39 bits per heavy atom. The predicted molar refractivity (Wildman–Crippen MR) is 111 cm³/mol. The second-order valence-electron chi connectivity index (χ2n) is 7.13. The van der Waals surface area contributed by atoms with Crippen molar-refractivity contribution in [3.63, 3.8) is 0 Å². The predicted octanol–water partition coefficient (Wildman–Crippen LogP) is 4.12. The van der Waals surface area contributed by atoms with Gasteiger partial charge in [0.25, 0.3) is 0 Å². The molecular formula is C21H24BrFN4O. The quantitative estimate of drug-likeness (QED) is 0.652. The molecule has 1 aromatic heterocycles. The summed E-state index contributed by atoms with van der Waals surface area (Å²) in [6.45, 7) is 7.99. The van der Waals surface area contributed by atoms with Crippen LogP contribution in [0.2, 0.25) is 0 Å². The summed E-state index contributed by atoms with van der Waals surface area (Å²) < 4.78 is 21.2. The van der Waals surface area contributed by atoms with Crippen molar-refractivity contribution >= 4 is 15.9 Å². The minimum Gasteiger partial charge on any atom is -0.374 e. The number of hydrogen-bond donors (Lipinski definition) is 2. The van der Waals surface area contributed by atoms with E-state index in [0.717, 1.165) is 10.0 Å². The van der Waals surface area contributed by atoms with Crippen LogP contribution in [0.5, 0.6) is 0 Å². The Kier molecular flexibility index (Phi) is 6.09. The normalized spacial score (nSPS) is 23.0. The van der Waals surface area contributed by atoms with Crippen LogP contribution in [-0.4, -0.2) is 23.2 Å². The molecule has 1 aliphatic rings. The number of nitrogens with one attached hydrogen (secondary N) is 1. The Bertz CT molecular complexity index is 917. The summed E-state index contributed by atoms with van der Waals surface area (Å²) >= 11 is 3.51. The molecule has 3 unspecified atom stereocenters. The van der Waals surface area contributed by atoms with Crippen LogP contribution in [0.25, 0.3) is 0 Å². The number of nitrogens with zero attached hydrogens (tertiary/aromatic N) is 2. The highest BCUT2D eigenvalue weighted by Crippen LogP contribution is 2.44. The molecule has 0 radical (unpaired) electrons. The number of ether oxygens (including phenoxy) is 1. The van der Waals surface area contributed by atoms with Crippen LogP contribution in [0.15, 0.2) is 65.2 Å². The van der Waals surface area contributed by atoms with E-state index in [9.17, 15) is 0 Å². The summed E-state index contributed by atoms with van der Waals surface area (Å²) in [6, 6.07) is 7.70. The topological polar surface area (TPSA) is 73.1 Å². The van der Waals surface area contributed by atoms with E-state index in [4.69, 9.17) is 10.5 Å². The minimum atomic E-state index is -1.00. The van der Waals surface area contributed by atoms with Gasteiger partial charge in [-0.25, -0.2) is 4.39 Å². The zero-order valence-electron chi connectivity index (χ0n) is 16.1. The van der Waals surface area contributed by atoms with E-state index in [-0.39, 0.29) is 5.92 Å². The van der Waals surface area contributed by atoms with Crippen LogP contribution in [0.1, 0.15) is 37.0 Å². The number of rotatable bonds is 6. The van der Waals surface area contributed by atoms with Gasteiger partial charge in [0, 0.05) is 24.0 Å². The molecule has 5 nitrogen and oxygen atoms in total. The van der Waals surface area contributed by atoms with Gasteiger partial charge in [0.2, 0.25) is 0 Å². The highest BCUT2D eigenvalue weighted by molar-refractivity contribution is 9.10. The molecular weight excluding hydrogens is 423 g/mol.